The van der Waals surface area contributed by atoms with Crippen molar-refractivity contribution in [2.24, 2.45) is 5.10 Å². The molecule has 0 fully saturated rings. The summed E-state index contributed by atoms with van der Waals surface area (Å²) in [5.74, 6) is -1.17. The highest BCUT2D eigenvalue weighted by molar-refractivity contribution is 6.00. The largest absolute Gasteiger partial charge is 0.480 e. The summed E-state index contributed by atoms with van der Waals surface area (Å²) in [7, 11) is 0. The SMILES string of the molecule is CC(=O)N/N=C\c1cn(CC(=O)O)c2ccccc12. The predicted molar refractivity (Wildman–Crippen MR) is 71.0 cm³/mol. The number of carboxylic acid groups (broad SMARTS) is 1. The Hall–Kier alpha value is -2.63. The van der Waals surface area contributed by atoms with Crippen molar-refractivity contribution in [3.8, 4) is 0 Å². The summed E-state index contributed by atoms with van der Waals surface area (Å²) in [5.41, 5.74) is 3.88. The molecule has 0 unspecified atom stereocenters. The second-order valence-corrected chi connectivity index (χ2v) is 4.05. The molecule has 0 aliphatic rings. The van der Waals surface area contributed by atoms with Crippen LogP contribution in [-0.4, -0.2) is 27.8 Å². The first-order valence-electron chi connectivity index (χ1n) is 5.67. The average molecular weight is 259 g/mol. The molecule has 1 aromatic carbocycles. The van der Waals surface area contributed by atoms with Crippen LogP contribution in [-0.2, 0) is 16.1 Å². The van der Waals surface area contributed by atoms with Crippen molar-refractivity contribution in [3.63, 3.8) is 0 Å². The first-order chi connectivity index (χ1) is 9.08. The van der Waals surface area contributed by atoms with Gasteiger partial charge in [0.25, 0.3) is 0 Å². The molecule has 98 valence electrons. The third-order valence-corrected chi connectivity index (χ3v) is 2.55. The van der Waals surface area contributed by atoms with E-state index in [0.29, 0.717) is 0 Å². The number of hydrogen-bond acceptors (Lipinski definition) is 3. The van der Waals surface area contributed by atoms with E-state index in [1.54, 1.807) is 10.8 Å². The first-order valence-corrected chi connectivity index (χ1v) is 5.67. The van der Waals surface area contributed by atoms with Crippen LogP contribution in [0, 0.1) is 0 Å². The van der Waals surface area contributed by atoms with Crippen LogP contribution in [0.4, 0.5) is 0 Å². The number of hydrogen-bond donors (Lipinski definition) is 2. The summed E-state index contributed by atoms with van der Waals surface area (Å²) >= 11 is 0. The van der Waals surface area contributed by atoms with Crippen LogP contribution in [0.3, 0.4) is 0 Å². The van der Waals surface area contributed by atoms with E-state index in [1.165, 1.54) is 13.1 Å². The number of rotatable bonds is 4. The van der Waals surface area contributed by atoms with Gasteiger partial charge in [0.1, 0.15) is 6.54 Å². The summed E-state index contributed by atoms with van der Waals surface area (Å²) in [6, 6.07) is 7.43. The van der Waals surface area contributed by atoms with Gasteiger partial charge in [0.05, 0.1) is 6.21 Å². The molecule has 0 radical (unpaired) electrons. The fourth-order valence-corrected chi connectivity index (χ4v) is 1.85. The minimum atomic E-state index is -0.911. The highest BCUT2D eigenvalue weighted by Crippen LogP contribution is 2.19. The topological polar surface area (TPSA) is 83.7 Å². The van der Waals surface area contributed by atoms with Crippen molar-refractivity contribution in [2.45, 2.75) is 13.5 Å². The van der Waals surface area contributed by atoms with Crippen molar-refractivity contribution in [1.29, 1.82) is 0 Å². The zero-order valence-electron chi connectivity index (χ0n) is 10.3. The molecule has 0 bridgehead atoms. The molecule has 0 spiro atoms. The Labute approximate surface area is 109 Å². The van der Waals surface area contributed by atoms with Crippen LogP contribution in [0.5, 0.6) is 0 Å². The summed E-state index contributed by atoms with van der Waals surface area (Å²) in [5, 5.41) is 13.6. The van der Waals surface area contributed by atoms with Gasteiger partial charge in [-0.3, -0.25) is 9.59 Å². The summed E-state index contributed by atoms with van der Waals surface area (Å²) < 4.78 is 1.63. The Kier molecular flexibility index (Phi) is 3.61. The fourth-order valence-electron chi connectivity index (χ4n) is 1.85. The molecule has 0 aliphatic heterocycles. The van der Waals surface area contributed by atoms with Crippen LogP contribution >= 0.6 is 0 Å². The zero-order chi connectivity index (χ0) is 13.8. The number of hydrazone groups is 1. The Morgan fingerprint density at radius 1 is 1.42 bits per heavy atom. The number of aliphatic carboxylic acids is 1. The molecule has 2 aromatic rings. The Morgan fingerprint density at radius 3 is 2.84 bits per heavy atom. The maximum Gasteiger partial charge on any atom is 0.323 e. The first kappa shape index (κ1) is 12.8. The van der Waals surface area contributed by atoms with Crippen LogP contribution in [0.2, 0.25) is 0 Å². The van der Waals surface area contributed by atoms with Gasteiger partial charge in [-0.2, -0.15) is 5.10 Å². The molecule has 0 aliphatic carbocycles. The molecule has 6 heteroatoms. The maximum absolute atomic E-state index is 10.8. The van der Waals surface area contributed by atoms with Gasteiger partial charge in [-0.25, -0.2) is 5.43 Å². The van der Waals surface area contributed by atoms with Gasteiger partial charge >= 0.3 is 5.97 Å². The van der Waals surface area contributed by atoms with Crippen molar-refractivity contribution < 1.29 is 14.7 Å². The van der Waals surface area contributed by atoms with Crippen molar-refractivity contribution in [2.75, 3.05) is 0 Å². The number of aromatic nitrogens is 1. The second kappa shape index (κ2) is 5.34. The minimum absolute atomic E-state index is 0.117. The van der Waals surface area contributed by atoms with Crippen LogP contribution < -0.4 is 5.43 Å². The van der Waals surface area contributed by atoms with E-state index in [1.807, 2.05) is 24.3 Å². The number of carbonyl (C=O) groups excluding carboxylic acids is 1. The lowest BCUT2D eigenvalue weighted by Gasteiger charge is -1.99. The van der Waals surface area contributed by atoms with E-state index in [4.69, 9.17) is 5.11 Å². The summed E-state index contributed by atoms with van der Waals surface area (Å²) in [6.07, 6.45) is 3.20. The lowest BCUT2D eigenvalue weighted by atomic mass is 10.2. The number of benzene rings is 1. The van der Waals surface area contributed by atoms with Crippen LogP contribution in [0.25, 0.3) is 10.9 Å². The third kappa shape index (κ3) is 2.98. The van der Waals surface area contributed by atoms with E-state index in [-0.39, 0.29) is 12.5 Å². The molecule has 0 saturated heterocycles. The Morgan fingerprint density at radius 2 is 2.16 bits per heavy atom. The van der Waals surface area contributed by atoms with Gasteiger partial charge in [0.2, 0.25) is 5.91 Å². The minimum Gasteiger partial charge on any atom is -0.480 e. The molecule has 19 heavy (non-hydrogen) atoms. The van der Waals surface area contributed by atoms with Gasteiger partial charge in [-0.05, 0) is 6.07 Å². The standard InChI is InChI=1S/C13H13N3O3/c1-9(17)15-14-6-10-7-16(8-13(18)19)12-5-3-2-4-11(10)12/h2-7H,8H2,1H3,(H,15,17)(H,18,19)/b14-6-. The number of carbonyl (C=O) groups is 2. The van der Waals surface area contributed by atoms with Gasteiger partial charge in [0.15, 0.2) is 0 Å². The zero-order valence-corrected chi connectivity index (χ0v) is 10.3. The fraction of sp³-hybridized carbons (Fsp3) is 0.154. The molecular formula is C13H13N3O3. The molecule has 1 aromatic heterocycles. The van der Waals surface area contributed by atoms with E-state index in [9.17, 15) is 9.59 Å². The number of nitrogens with one attached hydrogen (secondary N) is 1. The van der Waals surface area contributed by atoms with Crippen molar-refractivity contribution in [3.05, 3.63) is 36.0 Å². The van der Waals surface area contributed by atoms with Gasteiger partial charge in [0, 0.05) is 29.6 Å². The molecule has 6 nitrogen and oxygen atoms in total. The lowest BCUT2D eigenvalue weighted by Crippen LogP contribution is -2.12. The Balaban J connectivity index is 2.41. The Bertz CT molecular complexity index is 658. The highest BCUT2D eigenvalue weighted by Gasteiger charge is 2.08. The smallest absolute Gasteiger partial charge is 0.323 e. The van der Waals surface area contributed by atoms with E-state index < -0.39 is 5.97 Å². The normalized spacial score (nSPS) is 11.0. The quantitative estimate of drug-likeness (QED) is 0.639. The number of amides is 1. The molecule has 2 N–H and O–H groups in total. The monoisotopic (exact) mass is 259 g/mol. The maximum atomic E-state index is 10.8. The van der Waals surface area contributed by atoms with Gasteiger partial charge in [-0.15, -0.1) is 0 Å². The molecular weight excluding hydrogens is 246 g/mol. The van der Waals surface area contributed by atoms with E-state index in [0.717, 1.165) is 16.5 Å². The number of para-hydroxylation sites is 1. The molecule has 2 rings (SSSR count). The van der Waals surface area contributed by atoms with Crippen molar-refractivity contribution in [1.82, 2.24) is 9.99 Å². The number of fused-ring (bicyclic) bond motifs is 1. The van der Waals surface area contributed by atoms with Crippen molar-refractivity contribution >= 4 is 29.0 Å². The van der Waals surface area contributed by atoms with Crippen LogP contribution in [0.1, 0.15) is 12.5 Å². The highest BCUT2D eigenvalue weighted by atomic mass is 16.4. The predicted octanol–water partition coefficient (Wildman–Crippen LogP) is 1.20. The molecule has 0 atom stereocenters. The van der Waals surface area contributed by atoms with E-state index >= 15 is 0 Å². The van der Waals surface area contributed by atoms with Crippen LogP contribution in [0.15, 0.2) is 35.6 Å². The number of nitrogens with zero attached hydrogens (tertiary/aromatic N) is 2. The molecule has 1 amide bonds. The third-order valence-electron chi connectivity index (χ3n) is 2.55. The number of carboxylic acids is 1. The second-order valence-electron chi connectivity index (χ2n) is 4.05. The van der Waals surface area contributed by atoms with Gasteiger partial charge in [-0.1, -0.05) is 18.2 Å². The lowest BCUT2D eigenvalue weighted by molar-refractivity contribution is -0.137. The molecule has 1 heterocycles. The summed E-state index contributed by atoms with van der Waals surface area (Å²) in [6.45, 7) is 1.25. The average Bonchev–Trinajstić information content (AvgIpc) is 2.67. The summed E-state index contributed by atoms with van der Waals surface area (Å²) in [4.78, 5) is 21.6. The van der Waals surface area contributed by atoms with E-state index in [2.05, 4.69) is 10.5 Å². The van der Waals surface area contributed by atoms with Gasteiger partial charge < -0.3 is 9.67 Å². The molecule has 0 saturated carbocycles.